The van der Waals surface area contributed by atoms with Crippen LogP contribution in [0, 0.1) is 12.8 Å². The van der Waals surface area contributed by atoms with Gasteiger partial charge in [-0.15, -0.1) is 11.3 Å². The van der Waals surface area contributed by atoms with E-state index in [4.69, 9.17) is 0 Å². The van der Waals surface area contributed by atoms with Crippen molar-refractivity contribution in [2.24, 2.45) is 13.0 Å². The number of thiazole rings is 1. The first-order chi connectivity index (χ1) is 9.52. The zero-order valence-corrected chi connectivity index (χ0v) is 12.8. The third-order valence-corrected chi connectivity index (χ3v) is 4.67. The van der Waals surface area contributed by atoms with Crippen LogP contribution in [0.25, 0.3) is 0 Å². The molecular weight excluding hydrogens is 272 g/mol. The van der Waals surface area contributed by atoms with Crippen LogP contribution in [0.4, 0.5) is 5.13 Å². The molecule has 1 aliphatic rings. The molecule has 3 rings (SSSR count). The summed E-state index contributed by atoms with van der Waals surface area (Å²) in [5.41, 5.74) is 2.50. The first kappa shape index (κ1) is 13.3. The van der Waals surface area contributed by atoms with E-state index in [1.807, 2.05) is 20.2 Å². The molecule has 0 aromatic carbocycles. The molecule has 2 aromatic rings. The van der Waals surface area contributed by atoms with E-state index in [-0.39, 0.29) is 5.91 Å². The number of aromatic nitrogens is 3. The minimum absolute atomic E-state index is 0.178. The van der Waals surface area contributed by atoms with Crippen LogP contribution in [-0.2, 0) is 19.9 Å². The molecule has 1 unspecified atom stereocenters. The van der Waals surface area contributed by atoms with E-state index >= 15 is 0 Å². The van der Waals surface area contributed by atoms with Crippen molar-refractivity contribution in [2.75, 3.05) is 5.32 Å². The minimum atomic E-state index is -0.178. The summed E-state index contributed by atoms with van der Waals surface area (Å²) in [5.74, 6) is 0.534. The van der Waals surface area contributed by atoms with E-state index in [0.717, 1.165) is 24.1 Å². The topological polar surface area (TPSA) is 59.8 Å². The molecule has 2 aromatic heterocycles. The molecule has 0 spiro atoms. The molecule has 1 N–H and O–H groups in total. The molecule has 20 heavy (non-hydrogen) atoms. The van der Waals surface area contributed by atoms with Crippen molar-refractivity contribution >= 4 is 22.4 Å². The van der Waals surface area contributed by atoms with Gasteiger partial charge in [-0.1, -0.05) is 6.92 Å². The number of hydrogen-bond donors (Lipinski definition) is 1. The third-order valence-electron chi connectivity index (χ3n) is 3.63. The van der Waals surface area contributed by atoms with Crippen LogP contribution in [0.2, 0.25) is 0 Å². The lowest BCUT2D eigenvalue weighted by atomic mass is 9.93. The van der Waals surface area contributed by atoms with Crippen molar-refractivity contribution in [2.45, 2.75) is 33.1 Å². The number of rotatable bonds is 2. The van der Waals surface area contributed by atoms with Crippen LogP contribution in [-0.4, -0.2) is 20.7 Å². The Morgan fingerprint density at radius 3 is 3.05 bits per heavy atom. The molecule has 0 saturated carbocycles. The van der Waals surface area contributed by atoms with Gasteiger partial charge in [0, 0.05) is 23.7 Å². The number of aryl methyl sites for hydroxylation is 3. The molecule has 1 atom stereocenters. The van der Waals surface area contributed by atoms with Gasteiger partial charge in [0.1, 0.15) is 0 Å². The quantitative estimate of drug-likeness (QED) is 0.924. The Balaban J connectivity index is 1.78. The Bertz CT molecular complexity index is 658. The number of anilines is 1. The van der Waals surface area contributed by atoms with E-state index in [1.54, 1.807) is 16.0 Å². The highest BCUT2D eigenvalue weighted by Gasteiger charge is 2.21. The number of fused-ring (bicyclic) bond motifs is 1. The lowest BCUT2D eigenvalue weighted by Gasteiger charge is -2.15. The van der Waals surface area contributed by atoms with Crippen LogP contribution in [0.1, 0.15) is 40.0 Å². The fourth-order valence-corrected chi connectivity index (χ4v) is 3.75. The van der Waals surface area contributed by atoms with Gasteiger partial charge in [-0.05, 0) is 32.1 Å². The lowest BCUT2D eigenvalue weighted by molar-refractivity contribution is 0.102. The normalized spacial score (nSPS) is 17.9. The van der Waals surface area contributed by atoms with Gasteiger partial charge in [0.25, 0.3) is 5.91 Å². The predicted octanol–water partition coefficient (Wildman–Crippen LogP) is 2.56. The van der Waals surface area contributed by atoms with Crippen molar-refractivity contribution in [3.63, 3.8) is 0 Å². The van der Waals surface area contributed by atoms with Gasteiger partial charge in [-0.2, -0.15) is 5.10 Å². The Kier molecular flexibility index (Phi) is 3.33. The second-order valence-corrected chi connectivity index (χ2v) is 6.61. The van der Waals surface area contributed by atoms with Crippen molar-refractivity contribution in [1.82, 2.24) is 14.8 Å². The maximum Gasteiger partial charge on any atom is 0.278 e. The Morgan fingerprint density at radius 1 is 1.55 bits per heavy atom. The summed E-state index contributed by atoms with van der Waals surface area (Å²) in [6.07, 6.45) is 5.11. The average molecular weight is 290 g/mol. The molecule has 0 fully saturated rings. The van der Waals surface area contributed by atoms with Gasteiger partial charge in [0.2, 0.25) is 0 Å². The first-order valence-corrected chi connectivity index (χ1v) is 7.64. The Morgan fingerprint density at radius 2 is 2.35 bits per heavy atom. The summed E-state index contributed by atoms with van der Waals surface area (Å²) >= 11 is 1.60. The molecule has 0 bridgehead atoms. The fourth-order valence-electron chi connectivity index (χ4n) is 2.58. The molecule has 6 heteroatoms. The number of nitrogens with zero attached hydrogens (tertiary/aromatic N) is 3. The van der Waals surface area contributed by atoms with E-state index < -0.39 is 0 Å². The highest BCUT2D eigenvalue weighted by molar-refractivity contribution is 7.15. The van der Waals surface area contributed by atoms with Crippen LogP contribution in [0.5, 0.6) is 0 Å². The van der Waals surface area contributed by atoms with Crippen LogP contribution >= 0.6 is 11.3 Å². The summed E-state index contributed by atoms with van der Waals surface area (Å²) < 4.78 is 1.65. The average Bonchev–Trinajstić information content (AvgIpc) is 2.91. The molecule has 5 nitrogen and oxygen atoms in total. The first-order valence-electron chi connectivity index (χ1n) is 6.83. The van der Waals surface area contributed by atoms with Gasteiger partial charge in [-0.3, -0.25) is 14.8 Å². The Labute approximate surface area is 122 Å². The second kappa shape index (κ2) is 5.01. The van der Waals surface area contributed by atoms with E-state index in [9.17, 15) is 4.79 Å². The van der Waals surface area contributed by atoms with Crippen molar-refractivity contribution in [1.29, 1.82) is 0 Å². The maximum absolute atomic E-state index is 12.2. The Hall–Kier alpha value is -1.69. The summed E-state index contributed by atoms with van der Waals surface area (Å²) in [7, 11) is 1.81. The zero-order valence-electron chi connectivity index (χ0n) is 11.9. The SMILES string of the molecule is Cc1cn(C)nc1C(=O)Nc1nc2c(s1)CC(C)CC2. The summed E-state index contributed by atoms with van der Waals surface area (Å²) in [4.78, 5) is 18.1. The van der Waals surface area contributed by atoms with E-state index in [2.05, 4.69) is 22.3 Å². The van der Waals surface area contributed by atoms with Gasteiger partial charge in [-0.25, -0.2) is 4.98 Å². The number of nitrogens with one attached hydrogen (secondary N) is 1. The molecule has 0 radical (unpaired) electrons. The number of hydrogen-bond acceptors (Lipinski definition) is 4. The van der Waals surface area contributed by atoms with Crippen LogP contribution < -0.4 is 5.32 Å². The molecule has 0 aliphatic heterocycles. The van der Waals surface area contributed by atoms with Crippen molar-refractivity contribution in [3.05, 3.63) is 28.0 Å². The van der Waals surface area contributed by atoms with Crippen LogP contribution in [0.15, 0.2) is 6.20 Å². The molecular formula is C14H18N4OS. The summed E-state index contributed by atoms with van der Waals surface area (Å²) in [5, 5.41) is 7.75. The number of carbonyl (C=O) groups is 1. The highest BCUT2D eigenvalue weighted by atomic mass is 32.1. The smallest absolute Gasteiger partial charge is 0.278 e. The molecule has 106 valence electrons. The van der Waals surface area contributed by atoms with Crippen molar-refractivity contribution in [3.8, 4) is 0 Å². The standard InChI is InChI=1S/C14H18N4OS/c1-8-4-5-10-11(6-8)20-14(15-10)16-13(19)12-9(2)7-18(3)17-12/h7-8H,4-6H2,1-3H3,(H,15,16,19). The maximum atomic E-state index is 12.2. The van der Waals surface area contributed by atoms with Gasteiger partial charge in [0.15, 0.2) is 10.8 Å². The zero-order chi connectivity index (χ0) is 14.3. The monoisotopic (exact) mass is 290 g/mol. The van der Waals surface area contributed by atoms with E-state index in [1.165, 1.54) is 11.3 Å². The molecule has 1 aliphatic carbocycles. The van der Waals surface area contributed by atoms with Crippen molar-refractivity contribution < 1.29 is 4.79 Å². The molecule has 0 saturated heterocycles. The van der Waals surface area contributed by atoms with Gasteiger partial charge < -0.3 is 0 Å². The molecule has 2 heterocycles. The van der Waals surface area contributed by atoms with Gasteiger partial charge in [0.05, 0.1) is 5.69 Å². The number of amides is 1. The largest absolute Gasteiger partial charge is 0.296 e. The number of carbonyl (C=O) groups excluding carboxylic acids is 1. The van der Waals surface area contributed by atoms with E-state index in [0.29, 0.717) is 16.7 Å². The van der Waals surface area contributed by atoms with Gasteiger partial charge >= 0.3 is 0 Å². The fraction of sp³-hybridized carbons (Fsp3) is 0.500. The molecule has 1 amide bonds. The van der Waals surface area contributed by atoms with Crippen LogP contribution in [0.3, 0.4) is 0 Å². The summed E-state index contributed by atoms with van der Waals surface area (Å²) in [6.45, 7) is 4.15. The highest BCUT2D eigenvalue weighted by Crippen LogP contribution is 2.32. The second-order valence-electron chi connectivity index (χ2n) is 5.53. The lowest BCUT2D eigenvalue weighted by Crippen LogP contribution is -2.14. The third kappa shape index (κ3) is 2.47. The summed E-state index contributed by atoms with van der Waals surface area (Å²) in [6, 6.07) is 0. The minimum Gasteiger partial charge on any atom is -0.296 e. The predicted molar refractivity (Wildman–Crippen MR) is 79.2 cm³/mol.